The molecule has 1 aromatic heterocycles. The molecule has 0 bridgehead atoms. The van der Waals surface area contributed by atoms with Crippen molar-refractivity contribution < 1.29 is 9.52 Å². The van der Waals surface area contributed by atoms with Crippen LogP contribution in [0.1, 0.15) is 17.7 Å². The summed E-state index contributed by atoms with van der Waals surface area (Å²) in [4.78, 5) is 4.65. The van der Waals surface area contributed by atoms with E-state index in [9.17, 15) is 5.11 Å². The third kappa shape index (κ3) is 3.92. The monoisotopic (exact) mass is 352 g/mol. The van der Waals surface area contributed by atoms with Crippen LogP contribution in [-0.4, -0.2) is 10.8 Å². The molecular formula is C20H17ClN2O2. The summed E-state index contributed by atoms with van der Waals surface area (Å²) >= 11 is 6.10. The number of rotatable bonds is 5. The Morgan fingerprint density at radius 3 is 2.68 bits per heavy atom. The van der Waals surface area contributed by atoms with Crippen molar-refractivity contribution in [3.8, 4) is 5.75 Å². The van der Waals surface area contributed by atoms with Crippen molar-refractivity contribution in [2.24, 2.45) is 4.99 Å². The number of nitrogen functional groups attached to an aromatic ring is 1. The van der Waals surface area contributed by atoms with Crippen molar-refractivity contribution in [2.75, 3.05) is 5.73 Å². The van der Waals surface area contributed by atoms with E-state index in [4.69, 9.17) is 21.8 Å². The molecule has 0 spiro atoms. The fourth-order valence-corrected chi connectivity index (χ4v) is 2.61. The summed E-state index contributed by atoms with van der Waals surface area (Å²) in [7, 11) is 0. The quantitative estimate of drug-likeness (QED) is 0.474. The zero-order chi connectivity index (χ0) is 17.8. The third-order valence-corrected chi connectivity index (χ3v) is 3.95. The number of phenols is 1. The lowest BCUT2D eigenvalue weighted by Gasteiger charge is -2.11. The van der Waals surface area contributed by atoms with Gasteiger partial charge in [0.2, 0.25) is 0 Å². The molecule has 0 radical (unpaired) electrons. The number of furan rings is 1. The van der Waals surface area contributed by atoms with Crippen molar-refractivity contribution in [1.29, 1.82) is 0 Å². The van der Waals surface area contributed by atoms with Crippen LogP contribution < -0.4 is 5.73 Å². The van der Waals surface area contributed by atoms with Crippen LogP contribution in [0.5, 0.6) is 5.75 Å². The van der Waals surface area contributed by atoms with Crippen LogP contribution in [0, 0.1) is 0 Å². The zero-order valence-corrected chi connectivity index (χ0v) is 14.2. The van der Waals surface area contributed by atoms with Gasteiger partial charge in [-0.3, -0.25) is 4.99 Å². The first-order valence-corrected chi connectivity index (χ1v) is 8.05. The molecule has 2 aromatic carbocycles. The molecule has 0 fully saturated rings. The second-order valence-electron chi connectivity index (χ2n) is 5.54. The van der Waals surface area contributed by atoms with Crippen LogP contribution in [0.3, 0.4) is 0 Å². The summed E-state index contributed by atoms with van der Waals surface area (Å²) in [6.07, 6.45) is 1.96. The van der Waals surface area contributed by atoms with Crippen LogP contribution >= 0.6 is 11.6 Å². The van der Waals surface area contributed by atoms with Crippen molar-refractivity contribution >= 4 is 34.3 Å². The molecule has 126 valence electrons. The summed E-state index contributed by atoms with van der Waals surface area (Å²) in [5.74, 6) is 0.750. The maximum Gasteiger partial charge on any atom is 0.129 e. The average molecular weight is 353 g/mol. The van der Waals surface area contributed by atoms with Gasteiger partial charge < -0.3 is 15.3 Å². The fourth-order valence-electron chi connectivity index (χ4n) is 2.44. The Kier molecular flexibility index (Phi) is 4.91. The molecule has 0 aliphatic rings. The highest BCUT2D eigenvalue weighted by atomic mass is 35.5. The Hall–Kier alpha value is -2.98. The van der Waals surface area contributed by atoms with E-state index in [0.717, 1.165) is 5.57 Å². The number of aliphatic imine (C=N–C) groups is 1. The molecule has 3 rings (SSSR count). The maximum atomic E-state index is 10.3. The van der Waals surface area contributed by atoms with Crippen molar-refractivity contribution in [1.82, 2.24) is 0 Å². The minimum atomic E-state index is 0.0879. The number of hydrogen-bond acceptors (Lipinski definition) is 4. The predicted octanol–water partition coefficient (Wildman–Crippen LogP) is 5.45. The first kappa shape index (κ1) is 16.9. The smallest absolute Gasteiger partial charge is 0.129 e. The summed E-state index contributed by atoms with van der Waals surface area (Å²) < 4.78 is 5.39. The standard InChI is InChI=1S/C20H17ClN2O2/c1-13(20-7-4-10-25-20)11-18(15-12-14(21)8-9-19(15)24)23-17-6-3-2-5-16(17)22/h2-10,12,24H,1,11,22H2/b23-18+. The molecule has 3 aromatic rings. The predicted molar refractivity (Wildman–Crippen MR) is 103 cm³/mol. The van der Waals surface area contributed by atoms with Crippen LogP contribution in [0.15, 0.2) is 76.8 Å². The number of allylic oxidation sites excluding steroid dienone is 1. The second kappa shape index (κ2) is 7.28. The van der Waals surface area contributed by atoms with Crippen molar-refractivity contribution in [2.45, 2.75) is 6.42 Å². The minimum absolute atomic E-state index is 0.0879. The van der Waals surface area contributed by atoms with Gasteiger partial charge in [0.05, 0.1) is 23.3 Å². The summed E-state index contributed by atoms with van der Waals surface area (Å²) in [5.41, 5.74) is 9.03. The maximum absolute atomic E-state index is 10.3. The number of hydrogen-bond donors (Lipinski definition) is 2. The molecule has 0 unspecified atom stereocenters. The Morgan fingerprint density at radius 1 is 1.16 bits per heavy atom. The van der Waals surface area contributed by atoms with Crippen LogP contribution in [0.2, 0.25) is 5.02 Å². The van der Waals surface area contributed by atoms with Gasteiger partial charge >= 0.3 is 0 Å². The van der Waals surface area contributed by atoms with Gasteiger partial charge in [0.25, 0.3) is 0 Å². The molecule has 25 heavy (non-hydrogen) atoms. The third-order valence-electron chi connectivity index (χ3n) is 3.71. The Labute approximate surface area is 150 Å². The molecule has 0 saturated carbocycles. The van der Waals surface area contributed by atoms with Gasteiger partial charge in [-0.15, -0.1) is 0 Å². The van der Waals surface area contributed by atoms with E-state index in [1.54, 1.807) is 30.5 Å². The van der Waals surface area contributed by atoms with Crippen molar-refractivity contribution in [3.63, 3.8) is 0 Å². The number of halogens is 1. The normalized spacial score (nSPS) is 11.5. The van der Waals surface area contributed by atoms with Crippen LogP contribution in [0.25, 0.3) is 5.57 Å². The lowest BCUT2D eigenvalue weighted by Crippen LogP contribution is -2.03. The van der Waals surface area contributed by atoms with Gasteiger partial charge in [-0.2, -0.15) is 0 Å². The number of nitrogens with two attached hydrogens (primary N) is 1. The number of aromatic hydroxyl groups is 1. The highest BCUT2D eigenvalue weighted by Gasteiger charge is 2.14. The van der Waals surface area contributed by atoms with Gasteiger partial charge in [-0.25, -0.2) is 0 Å². The molecule has 0 atom stereocenters. The summed E-state index contributed by atoms with van der Waals surface area (Å²) in [6, 6.07) is 15.7. The molecule has 0 aliphatic heterocycles. The second-order valence-corrected chi connectivity index (χ2v) is 5.97. The zero-order valence-electron chi connectivity index (χ0n) is 13.4. The summed E-state index contributed by atoms with van der Waals surface area (Å²) in [6.45, 7) is 4.06. The number of anilines is 1. The van der Waals surface area contributed by atoms with Gasteiger partial charge in [-0.05, 0) is 48.0 Å². The van der Waals surface area contributed by atoms with E-state index in [0.29, 0.717) is 39.9 Å². The van der Waals surface area contributed by atoms with E-state index in [2.05, 4.69) is 11.6 Å². The number of para-hydroxylation sites is 2. The Morgan fingerprint density at radius 2 is 1.96 bits per heavy atom. The van der Waals surface area contributed by atoms with Crippen molar-refractivity contribution in [3.05, 3.63) is 83.8 Å². The molecule has 3 N–H and O–H groups in total. The number of phenolic OH excluding ortho intramolecular Hbond substituents is 1. The van der Waals surface area contributed by atoms with Crippen LogP contribution in [0.4, 0.5) is 11.4 Å². The van der Waals surface area contributed by atoms with Gasteiger partial charge in [0.1, 0.15) is 11.5 Å². The molecule has 0 amide bonds. The Bertz CT molecular complexity index is 931. The lowest BCUT2D eigenvalue weighted by molar-refractivity contribution is 0.474. The molecule has 0 aliphatic carbocycles. The first-order valence-electron chi connectivity index (χ1n) is 7.67. The van der Waals surface area contributed by atoms with E-state index in [-0.39, 0.29) is 5.75 Å². The SMILES string of the molecule is C=C(C/C(=N\c1ccccc1N)c1cc(Cl)ccc1O)c1ccco1. The average Bonchev–Trinajstić information content (AvgIpc) is 3.13. The molecule has 1 heterocycles. The van der Waals surface area contributed by atoms with Gasteiger partial charge in [0, 0.05) is 17.0 Å². The van der Waals surface area contributed by atoms with Crippen LogP contribution in [-0.2, 0) is 0 Å². The highest BCUT2D eigenvalue weighted by molar-refractivity contribution is 6.31. The van der Waals surface area contributed by atoms with Gasteiger partial charge in [-0.1, -0.05) is 30.3 Å². The molecule has 5 heteroatoms. The topological polar surface area (TPSA) is 71.8 Å². The largest absolute Gasteiger partial charge is 0.507 e. The van der Waals surface area contributed by atoms with E-state index < -0.39 is 0 Å². The summed E-state index contributed by atoms with van der Waals surface area (Å²) in [5, 5.41) is 10.8. The number of benzene rings is 2. The Balaban J connectivity index is 2.06. The fraction of sp³-hybridized carbons (Fsp3) is 0.0500. The van der Waals surface area contributed by atoms with Gasteiger partial charge in [0.15, 0.2) is 0 Å². The molecular weight excluding hydrogens is 336 g/mol. The lowest BCUT2D eigenvalue weighted by atomic mass is 10.0. The first-order chi connectivity index (χ1) is 12.0. The number of nitrogens with zero attached hydrogens (tertiary/aromatic N) is 1. The van der Waals surface area contributed by atoms with E-state index in [1.807, 2.05) is 24.3 Å². The molecule has 0 saturated heterocycles. The van der Waals surface area contributed by atoms with E-state index in [1.165, 1.54) is 6.07 Å². The minimum Gasteiger partial charge on any atom is -0.507 e. The molecule has 4 nitrogen and oxygen atoms in total. The van der Waals surface area contributed by atoms with E-state index >= 15 is 0 Å². The highest BCUT2D eigenvalue weighted by Crippen LogP contribution is 2.30.